The molecule has 0 bridgehead atoms. The standard InChI is InChI=1S/C12H11NO2/c1-8-5-6-9-4-3-7-13-11(9)10(8)12(14)15-2/h3-7H,1-2H3. The number of nitrogens with zero attached hydrogens (tertiary/aromatic N) is 1. The average molecular weight is 201 g/mol. The van der Waals surface area contributed by atoms with Crippen molar-refractivity contribution in [3.63, 3.8) is 0 Å². The number of aryl methyl sites for hydroxylation is 1. The van der Waals surface area contributed by atoms with Crippen LogP contribution in [0.4, 0.5) is 0 Å². The summed E-state index contributed by atoms with van der Waals surface area (Å²) < 4.78 is 4.75. The van der Waals surface area contributed by atoms with Crippen molar-refractivity contribution < 1.29 is 9.53 Å². The van der Waals surface area contributed by atoms with Crippen molar-refractivity contribution in [3.8, 4) is 0 Å². The highest BCUT2D eigenvalue weighted by molar-refractivity contribution is 6.03. The molecule has 0 radical (unpaired) electrons. The van der Waals surface area contributed by atoms with Crippen LogP contribution in [0.15, 0.2) is 30.5 Å². The molecule has 2 rings (SSSR count). The van der Waals surface area contributed by atoms with Crippen molar-refractivity contribution in [2.75, 3.05) is 7.11 Å². The molecule has 1 aromatic carbocycles. The Morgan fingerprint density at radius 3 is 2.87 bits per heavy atom. The van der Waals surface area contributed by atoms with E-state index >= 15 is 0 Å². The molecule has 0 atom stereocenters. The SMILES string of the molecule is COC(=O)c1c(C)ccc2cccnc12. The van der Waals surface area contributed by atoms with E-state index < -0.39 is 0 Å². The summed E-state index contributed by atoms with van der Waals surface area (Å²) in [5.41, 5.74) is 2.13. The molecule has 76 valence electrons. The fourth-order valence-corrected chi connectivity index (χ4v) is 1.61. The minimum atomic E-state index is -0.336. The van der Waals surface area contributed by atoms with E-state index in [-0.39, 0.29) is 5.97 Å². The van der Waals surface area contributed by atoms with Crippen LogP contribution in [0, 0.1) is 6.92 Å². The van der Waals surface area contributed by atoms with E-state index in [0.29, 0.717) is 11.1 Å². The fourth-order valence-electron chi connectivity index (χ4n) is 1.61. The molecular weight excluding hydrogens is 190 g/mol. The molecule has 0 N–H and O–H groups in total. The first-order valence-corrected chi connectivity index (χ1v) is 4.66. The molecule has 3 heteroatoms. The molecule has 3 nitrogen and oxygen atoms in total. The van der Waals surface area contributed by atoms with Gasteiger partial charge in [0.1, 0.15) is 0 Å². The Morgan fingerprint density at radius 2 is 2.13 bits per heavy atom. The molecular formula is C12H11NO2. The van der Waals surface area contributed by atoms with Crippen molar-refractivity contribution in [2.45, 2.75) is 6.92 Å². The monoisotopic (exact) mass is 201 g/mol. The minimum absolute atomic E-state index is 0.336. The van der Waals surface area contributed by atoms with Crippen molar-refractivity contribution in [2.24, 2.45) is 0 Å². The van der Waals surface area contributed by atoms with Gasteiger partial charge in [0.15, 0.2) is 0 Å². The largest absolute Gasteiger partial charge is 0.465 e. The summed E-state index contributed by atoms with van der Waals surface area (Å²) in [4.78, 5) is 15.8. The highest BCUT2D eigenvalue weighted by atomic mass is 16.5. The number of methoxy groups -OCH3 is 1. The summed E-state index contributed by atoms with van der Waals surface area (Å²) in [7, 11) is 1.38. The Kier molecular flexibility index (Phi) is 2.37. The summed E-state index contributed by atoms with van der Waals surface area (Å²) in [6.45, 7) is 1.88. The fraction of sp³-hybridized carbons (Fsp3) is 0.167. The molecule has 0 aliphatic carbocycles. The van der Waals surface area contributed by atoms with E-state index in [2.05, 4.69) is 4.98 Å². The first-order valence-electron chi connectivity index (χ1n) is 4.66. The van der Waals surface area contributed by atoms with Gasteiger partial charge in [-0.15, -0.1) is 0 Å². The highest BCUT2D eigenvalue weighted by Crippen LogP contribution is 2.20. The Morgan fingerprint density at radius 1 is 1.33 bits per heavy atom. The lowest BCUT2D eigenvalue weighted by atomic mass is 10.0. The van der Waals surface area contributed by atoms with Crippen molar-refractivity contribution in [1.82, 2.24) is 4.98 Å². The van der Waals surface area contributed by atoms with Gasteiger partial charge in [-0.05, 0) is 18.6 Å². The van der Waals surface area contributed by atoms with E-state index in [0.717, 1.165) is 10.9 Å². The lowest BCUT2D eigenvalue weighted by Crippen LogP contribution is -2.05. The van der Waals surface area contributed by atoms with Crippen LogP contribution in [0.25, 0.3) is 10.9 Å². The van der Waals surface area contributed by atoms with Gasteiger partial charge in [-0.3, -0.25) is 4.98 Å². The topological polar surface area (TPSA) is 39.2 Å². The van der Waals surface area contributed by atoms with Gasteiger partial charge in [0.25, 0.3) is 0 Å². The zero-order valence-corrected chi connectivity index (χ0v) is 8.65. The van der Waals surface area contributed by atoms with E-state index in [9.17, 15) is 4.79 Å². The molecule has 2 aromatic rings. The molecule has 0 saturated heterocycles. The molecule has 0 aliphatic rings. The van der Waals surface area contributed by atoms with Gasteiger partial charge in [0.2, 0.25) is 0 Å². The molecule has 0 unspecified atom stereocenters. The van der Waals surface area contributed by atoms with Gasteiger partial charge in [0, 0.05) is 11.6 Å². The predicted octanol–water partition coefficient (Wildman–Crippen LogP) is 2.33. The number of rotatable bonds is 1. The van der Waals surface area contributed by atoms with Crippen LogP contribution in [0.5, 0.6) is 0 Å². The second-order valence-corrected chi connectivity index (χ2v) is 3.32. The van der Waals surface area contributed by atoms with E-state index in [1.165, 1.54) is 7.11 Å². The van der Waals surface area contributed by atoms with Crippen LogP contribution in [-0.4, -0.2) is 18.1 Å². The van der Waals surface area contributed by atoms with Crippen LogP contribution in [0.1, 0.15) is 15.9 Å². The number of fused-ring (bicyclic) bond motifs is 1. The Hall–Kier alpha value is -1.90. The predicted molar refractivity (Wildman–Crippen MR) is 57.8 cm³/mol. The van der Waals surface area contributed by atoms with E-state index in [1.54, 1.807) is 6.20 Å². The molecule has 1 aromatic heterocycles. The summed E-state index contributed by atoms with van der Waals surface area (Å²) in [5.74, 6) is -0.336. The summed E-state index contributed by atoms with van der Waals surface area (Å²) in [6, 6.07) is 7.62. The second kappa shape index (κ2) is 3.69. The normalized spacial score (nSPS) is 10.3. The van der Waals surface area contributed by atoms with Gasteiger partial charge in [0.05, 0.1) is 18.2 Å². The molecule has 0 spiro atoms. The van der Waals surface area contributed by atoms with Crippen molar-refractivity contribution >= 4 is 16.9 Å². The molecule has 0 amide bonds. The number of carbonyl (C=O) groups excluding carboxylic acids is 1. The Balaban J connectivity index is 2.79. The third-order valence-electron chi connectivity index (χ3n) is 2.37. The van der Waals surface area contributed by atoms with Gasteiger partial charge in [-0.2, -0.15) is 0 Å². The van der Waals surface area contributed by atoms with Gasteiger partial charge in [-0.25, -0.2) is 4.79 Å². The third-order valence-corrected chi connectivity index (χ3v) is 2.37. The van der Waals surface area contributed by atoms with Crippen LogP contribution < -0.4 is 0 Å². The lowest BCUT2D eigenvalue weighted by Gasteiger charge is -2.06. The number of esters is 1. The number of hydrogen-bond acceptors (Lipinski definition) is 3. The van der Waals surface area contributed by atoms with Crippen molar-refractivity contribution in [1.29, 1.82) is 0 Å². The quantitative estimate of drug-likeness (QED) is 0.665. The Bertz CT molecular complexity index is 520. The summed E-state index contributed by atoms with van der Waals surface area (Å²) in [5, 5.41) is 0.948. The molecule has 1 heterocycles. The third kappa shape index (κ3) is 1.56. The maximum Gasteiger partial charge on any atom is 0.340 e. The second-order valence-electron chi connectivity index (χ2n) is 3.32. The van der Waals surface area contributed by atoms with Crippen LogP contribution in [-0.2, 0) is 4.74 Å². The molecule has 0 aliphatic heterocycles. The van der Waals surface area contributed by atoms with E-state index in [1.807, 2.05) is 31.2 Å². The summed E-state index contributed by atoms with van der Waals surface area (Å²) >= 11 is 0. The van der Waals surface area contributed by atoms with Crippen molar-refractivity contribution in [3.05, 3.63) is 41.6 Å². The number of hydrogen-bond donors (Lipinski definition) is 0. The Labute approximate surface area is 87.7 Å². The first-order chi connectivity index (χ1) is 7.24. The average Bonchev–Trinajstić information content (AvgIpc) is 2.28. The number of ether oxygens (including phenoxy) is 1. The molecule has 0 saturated carbocycles. The van der Waals surface area contributed by atoms with Crippen LogP contribution in [0.2, 0.25) is 0 Å². The van der Waals surface area contributed by atoms with Gasteiger partial charge >= 0.3 is 5.97 Å². The zero-order chi connectivity index (χ0) is 10.8. The maximum absolute atomic E-state index is 11.6. The van der Waals surface area contributed by atoms with Gasteiger partial charge in [-0.1, -0.05) is 18.2 Å². The molecule has 0 fully saturated rings. The number of carbonyl (C=O) groups is 1. The maximum atomic E-state index is 11.6. The first kappa shape index (κ1) is 9.65. The zero-order valence-electron chi connectivity index (χ0n) is 8.65. The van der Waals surface area contributed by atoms with E-state index in [4.69, 9.17) is 4.74 Å². The lowest BCUT2D eigenvalue weighted by molar-refractivity contribution is 0.0602. The number of pyridine rings is 1. The van der Waals surface area contributed by atoms with Crippen LogP contribution >= 0.6 is 0 Å². The number of benzene rings is 1. The highest BCUT2D eigenvalue weighted by Gasteiger charge is 2.13. The minimum Gasteiger partial charge on any atom is -0.465 e. The smallest absolute Gasteiger partial charge is 0.340 e. The van der Waals surface area contributed by atoms with Gasteiger partial charge < -0.3 is 4.74 Å². The summed E-state index contributed by atoms with van der Waals surface area (Å²) in [6.07, 6.45) is 1.67. The number of aromatic nitrogens is 1. The molecule has 15 heavy (non-hydrogen) atoms. The van der Waals surface area contributed by atoms with Crippen LogP contribution in [0.3, 0.4) is 0 Å².